The topological polar surface area (TPSA) is 67.2 Å². The molecule has 6 nitrogen and oxygen atoms in total. The second-order valence-corrected chi connectivity index (χ2v) is 6.46. The highest BCUT2D eigenvalue weighted by Crippen LogP contribution is 2.16. The second-order valence-electron chi connectivity index (χ2n) is 6.46. The molecule has 0 bridgehead atoms. The normalized spacial score (nSPS) is 15.7. The average molecular weight is 320 g/mol. The van der Waals surface area contributed by atoms with Crippen molar-refractivity contribution in [3.8, 4) is 0 Å². The molecule has 1 saturated heterocycles. The number of nitrogens with zero attached hydrogens (tertiary/aromatic N) is 3. The minimum absolute atomic E-state index is 0.135. The highest BCUT2D eigenvalue weighted by molar-refractivity contribution is 5.95. The molecule has 0 aromatic carbocycles. The van der Waals surface area contributed by atoms with Gasteiger partial charge in [-0.2, -0.15) is 5.10 Å². The lowest BCUT2D eigenvalue weighted by molar-refractivity contribution is -0.132. The van der Waals surface area contributed by atoms with Gasteiger partial charge in [0.25, 0.3) is 5.91 Å². The van der Waals surface area contributed by atoms with E-state index in [0.29, 0.717) is 24.4 Å². The second kappa shape index (κ2) is 8.13. The van der Waals surface area contributed by atoms with E-state index in [9.17, 15) is 9.59 Å². The zero-order chi connectivity index (χ0) is 16.8. The van der Waals surface area contributed by atoms with Crippen molar-refractivity contribution in [2.24, 2.45) is 5.92 Å². The van der Waals surface area contributed by atoms with Gasteiger partial charge < -0.3 is 10.2 Å². The summed E-state index contributed by atoms with van der Waals surface area (Å²) in [7, 11) is 0. The van der Waals surface area contributed by atoms with Gasteiger partial charge in [-0.25, -0.2) is 0 Å². The van der Waals surface area contributed by atoms with E-state index >= 15 is 0 Å². The van der Waals surface area contributed by atoms with E-state index in [0.717, 1.165) is 44.6 Å². The van der Waals surface area contributed by atoms with E-state index in [2.05, 4.69) is 24.3 Å². The highest BCUT2D eigenvalue weighted by atomic mass is 16.2. The van der Waals surface area contributed by atoms with Crippen molar-refractivity contribution in [3.63, 3.8) is 0 Å². The first-order valence-electron chi connectivity index (χ1n) is 8.61. The molecule has 0 unspecified atom stereocenters. The molecule has 1 aliphatic rings. The first-order chi connectivity index (χ1) is 11.0. The summed E-state index contributed by atoms with van der Waals surface area (Å²) in [5, 5.41) is 7.16. The maximum Gasteiger partial charge on any atom is 0.254 e. The van der Waals surface area contributed by atoms with Gasteiger partial charge in [0.1, 0.15) is 0 Å². The van der Waals surface area contributed by atoms with Crippen molar-refractivity contribution in [2.45, 2.75) is 53.0 Å². The Morgan fingerprint density at radius 2 is 2.04 bits per heavy atom. The standard InChI is InChI=1S/C17H28N4O2/c1-4-9-21-12-15(14(3)19-21)17(23)18-8-5-16(22)20-10-6-13(2)7-11-20/h12-13H,4-11H2,1-3H3,(H,18,23). The van der Waals surface area contributed by atoms with Crippen molar-refractivity contribution in [3.05, 3.63) is 17.5 Å². The Balaban J connectivity index is 1.77. The Hall–Kier alpha value is -1.85. The van der Waals surface area contributed by atoms with Crippen LogP contribution in [0, 0.1) is 12.8 Å². The molecule has 0 spiro atoms. The summed E-state index contributed by atoms with van der Waals surface area (Å²) >= 11 is 0. The first kappa shape index (κ1) is 17.5. The fraction of sp³-hybridized carbons (Fsp3) is 0.706. The average Bonchev–Trinajstić information content (AvgIpc) is 2.89. The number of amides is 2. The van der Waals surface area contributed by atoms with E-state index in [-0.39, 0.29) is 11.8 Å². The molecule has 0 saturated carbocycles. The molecule has 128 valence electrons. The monoisotopic (exact) mass is 320 g/mol. The fourth-order valence-corrected chi connectivity index (χ4v) is 2.88. The smallest absolute Gasteiger partial charge is 0.254 e. The minimum atomic E-state index is -0.148. The van der Waals surface area contributed by atoms with Crippen LogP contribution >= 0.6 is 0 Å². The maximum atomic E-state index is 12.2. The Morgan fingerprint density at radius 3 is 2.70 bits per heavy atom. The third-order valence-electron chi connectivity index (χ3n) is 4.40. The molecular formula is C17H28N4O2. The molecular weight excluding hydrogens is 292 g/mol. The van der Waals surface area contributed by atoms with Crippen molar-refractivity contribution in [1.82, 2.24) is 20.0 Å². The number of carbonyl (C=O) groups excluding carboxylic acids is 2. The summed E-state index contributed by atoms with van der Waals surface area (Å²) in [5.41, 5.74) is 1.32. The number of likely N-dealkylation sites (tertiary alicyclic amines) is 1. The molecule has 1 N–H and O–H groups in total. The Kier molecular flexibility index (Phi) is 6.19. The van der Waals surface area contributed by atoms with Gasteiger partial charge in [-0.1, -0.05) is 13.8 Å². The summed E-state index contributed by atoms with van der Waals surface area (Å²) in [4.78, 5) is 26.2. The molecule has 6 heteroatoms. The number of hydrogen-bond donors (Lipinski definition) is 1. The molecule has 0 atom stereocenters. The number of rotatable bonds is 6. The van der Waals surface area contributed by atoms with E-state index < -0.39 is 0 Å². The van der Waals surface area contributed by atoms with Gasteiger partial charge in [-0.3, -0.25) is 14.3 Å². The van der Waals surface area contributed by atoms with Gasteiger partial charge in [0.15, 0.2) is 0 Å². The van der Waals surface area contributed by atoms with Crippen LogP contribution in [0.5, 0.6) is 0 Å². The summed E-state index contributed by atoms with van der Waals surface area (Å²) in [6.07, 6.45) is 5.28. The molecule has 1 fully saturated rings. The molecule has 2 heterocycles. The number of piperidine rings is 1. The van der Waals surface area contributed by atoms with Crippen LogP contribution in [0.1, 0.15) is 55.6 Å². The first-order valence-corrected chi connectivity index (χ1v) is 8.61. The SMILES string of the molecule is CCCn1cc(C(=O)NCCC(=O)N2CCC(C)CC2)c(C)n1. The fourth-order valence-electron chi connectivity index (χ4n) is 2.88. The maximum absolute atomic E-state index is 12.2. The van der Waals surface area contributed by atoms with Crippen LogP contribution in [-0.4, -0.2) is 46.1 Å². The van der Waals surface area contributed by atoms with Crippen molar-refractivity contribution < 1.29 is 9.59 Å². The molecule has 1 aliphatic heterocycles. The van der Waals surface area contributed by atoms with Crippen LogP contribution in [0.4, 0.5) is 0 Å². The molecule has 23 heavy (non-hydrogen) atoms. The van der Waals surface area contributed by atoms with Gasteiger partial charge in [0.05, 0.1) is 11.3 Å². The lowest BCUT2D eigenvalue weighted by Gasteiger charge is -2.30. The van der Waals surface area contributed by atoms with Crippen LogP contribution in [0.2, 0.25) is 0 Å². The van der Waals surface area contributed by atoms with Crippen LogP contribution in [0.15, 0.2) is 6.20 Å². The zero-order valence-electron chi connectivity index (χ0n) is 14.5. The summed E-state index contributed by atoms with van der Waals surface area (Å²) in [6, 6.07) is 0. The third-order valence-corrected chi connectivity index (χ3v) is 4.40. The van der Waals surface area contributed by atoms with Gasteiger partial charge >= 0.3 is 0 Å². The minimum Gasteiger partial charge on any atom is -0.351 e. The number of aryl methyl sites for hydroxylation is 2. The zero-order valence-corrected chi connectivity index (χ0v) is 14.5. The number of hydrogen-bond acceptors (Lipinski definition) is 3. The number of carbonyl (C=O) groups is 2. The summed E-state index contributed by atoms with van der Waals surface area (Å²) < 4.78 is 1.80. The van der Waals surface area contributed by atoms with E-state index in [1.807, 2.05) is 11.8 Å². The molecule has 0 aliphatic carbocycles. The van der Waals surface area contributed by atoms with Crippen molar-refractivity contribution in [2.75, 3.05) is 19.6 Å². The van der Waals surface area contributed by atoms with E-state index in [4.69, 9.17) is 0 Å². The van der Waals surface area contributed by atoms with Crippen LogP contribution in [-0.2, 0) is 11.3 Å². The van der Waals surface area contributed by atoms with Crippen LogP contribution in [0.3, 0.4) is 0 Å². The van der Waals surface area contributed by atoms with Crippen LogP contribution in [0.25, 0.3) is 0 Å². The molecule has 2 amide bonds. The molecule has 2 rings (SSSR count). The molecule has 1 aromatic rings. The third kappa shape index (κ3) is 4.81. The highest BCUT2D eigenvalue weighted by Gasteiger charge is 2.20. The predicted molar refractivity (Wildman–Crippen MR) is 89.2 cm³/mol. The van der Waals surface area contributed by atoms with Crippen molar-refractivity contribution >= 4 is 11.8 Å². The van der Waals surface area contributed by atoms with E-state index in [1.165, 1.54) is 0 Å². The Morgan fingerprint density at radius 1 is 1.35 bits per heavy atom. The number of nitrogens with one attached hydrogen (secondary N) is 1. The van der Waals surface area contributed by atoms with Gasteiger partial charge in [0, 0.05) is 38.8 Å². The Labute approximate surface area is 138 Å². The van der Waals surface area contributed by atoms with Gasteiger partial charge in [-0.05, 0) is 32.1 Å². The Bertz CT molecular complexity index is 545. The molecule has 1 aromatic heterocycles. The quantitative estimate of drug-likeness (QED) is 0.871. The van der Waals surface area contributed by atoms with Gasteiger partial charge in [0.2, 0.25) is 5.91 Å². The van der Waals surface area contributed by atoms with E-state index in [1.54, 1.807) is 10.9 Å². The molecule has 0 radical (unpaired) electrons. The van der Waals surface area contributed by atoms with Gasteiger partial charge in [-0.15, -0.1) is 0 Å². The number of aromatic nitrogens is 2. The lowest BCUT2D eigenvalue weighted by atomic mass is 9.99. The largest absolute Gasteiger partial charge is 0.351 e. The predicted octanol–water partition coefficient (Wildman–Crippen LogP) is 1.98. The lowest BCUT2D eigenvalue weighted by Crippen LogP contribution is -2.39. The van der Waals surface area contributed by atoms with Crippen molar-refractivity contribution in [1.29, 1.82) is 0 Å². The summed E-state index contributed by atoms with van der Waals surface area (Å²) in [6.45, 7) is 9.00. The van der Waals surface area contributed by atoms with Crippen LogP contribution < -0.4 is 5.32 Å². The summed E-state index contributed by atoms with van der Waals surface area (Å²) in [5.74, 6) is 0.696.